The molecule has 1 spiro atoms. The van der Waals surface area contributed by atoms with Crippen LogP contribution in [0.4, 0.5) is 0 Å². The van der Waals surface area contributed by atoms with E-state index in [1.54, 1.807) is 0 Å². The molecule has 1 aromatic rings. The second-order valence-corrected chi connectivity index (χ2v) is 6.97. The number of rotatable bonds is 3. The average molecular weight is 337 g/mol. The second-order valence-electron chi connectivity index (χ2n) is 6.97. The Morgan fingerprint density at radius 3 is 2.70 bits per heavy atom. The van der Waals surface area contributed by atoms with E-state index in [1.807, 2.05) is 18.2 Å². The highest BCUT2D eigenvalue weighted by molar-refractivity contribution is 5.85. The molecule has 2 aliphatic heterocycles. The highest BCUT2D eigenvalue weighted by Crippen LogP contribution is 2.58. The van der Waals surface area contributed by atoms with Gasteiger partial charge in [-0.2, -0.15) is 0 Å². The van der Waals surface area contributed by atoms with Crippen molar-refractivity contribution in [3.63, 3.8) is 0 Å². The summed E-state index contributed by atoms with van der Waals surface area (Å²) in [5, 5.41) is 6.67. The van der Waals surface area contributed by atoms with Gasteiger partial charge in [0.15, 0.2) is 0 Å². The number of carbonyl (C=O) groups is 1. The number of nitrogens with one attached hydrogen (secondary N) is 2. The summed E-state index contributed by atoms with van der Waals surface area (Å²) in [5.41, 5.74) is 1.47. The van der Waals surface area contributed by atoms with Crippen LogP contribution in [0, 0.1) is 11.3 Å². The SMILES string of the molecule is Cl.O=C(NC1CCOC1c1ccccc1)C1CC12CCNCC2. The molecule has 1 amide bonds. The Morgan fingerprint density at radius 2 is 1.96 bits per heavy atom. The van der Waals surface area contributed by atoms with Gasteiger partial charge in [0.2, 0.25) is 5.91 Å². The van der Waals surface area contributed by atoms with E-state index in [4.69, 9.17) is 4.74 Å². The van der Waals surface area contributed by atoms with Gasteiger partial charge in [0.05, 0.1) is 6.04 Å². The molecule has 0 radical (unpaired) electrons. The van der Waals surface area contributed by atoms with E-state index in [1.165, 1.54) is 0 Å². The summed E-state index contributed by atoms with van der Waals surface area (Å²) in [6.07, 6.45) is 4.28. The van der Waals surface area contributed by atoms with Crippen LogP contribution in [0.25, 0.3) is 0 Å². The molecular formula is C18H25ClN2O2. The predicted octanol–water partition coefficient (Wildman–Crippen LogP) is 2.44. The minimum Gasteiger partial charge on any atom is -0.371 e. The van der Waals surface area contributed by atoms with Gasteiger partial charge in [-0.3, -0.25) is 4.79 Å². The summed E-state index contributed by atoms with van der Waals surface area (Å²) in [5.74, 6) is 0.477. The number of carbonyl (C=O) groups excluding carboxylic acids is 1. The molecule has 3 aliphatic rings. The smallest absolute Gasteiger partial charge is 0.224 e. The summed E-state index contributed by atoms with van der Waals surface area (Å²) in [6.45, 7) is 2.84. The van der Waals surface area contributed by atoms with Crippen LogP contribution >= 0.6 is 12.4 Å². The standard InChI is InChI=1S/C18H24N2O2.ClH/c21-17(14-12-18(14)7-9-19-10-8-18)20-15-6-11-22-16(15)13-4-2-1-3-5-13;/h1-5,14-16,19H,6-12H2,(H,20,21);1H. The molecule has 5 heteroatoms. The first-order chi connectivity index (χ1) is 10.8. The zero-order valence-corrected chi connectivity index (χ0v) is 14.1. The summed E-state index contributed by atoms with van der Waals surface area (Å²) in [6, 6.07) is 10.4. The minimum atomic E-state index is 0. The number of hydrogen-bond donors (Lipinski definition) is 2. The van der Waals surface area contributed by atoms with E-state index < -0.39 is 0 Å². The largest absolute Gasteiger partial charge is 0.371 e. The first-order valence-electron chi connectivity index (χ1n) is 8.46. The summed E-state index contributed by atoms with van der Waals surface area (Å²) >= 11 is 0. The topological polar surface area (TPSA) is 50.4 Å². The van der Waals surface area contributed by atoms with Gasteiger partial charge in [-0.05, 0) is 49.8 Å². The molecule has 3 fully saturated rings. The summed E-state index contributed by atoms with van der Waals surface area (Å²) in [4.78, 5) is 12.6. The van der Waals surface area contributed by atoms with Crippen LogP contribution in [-0.4, -0.2) is 31.6 Å². The van der Waals surface area contributed by atoms with E-state index in [-0.39, 0.29) is 36.4 Å². The van der Waals surface area contributed by atoms with Crippen molar-refractivity contribution in [2.75, 3.05) is 19.7 Å². The third-order valence-electron chi connectivity index (χ3n) is 5.65. The fourth-order valence-corrected chi connectivity index (χ4v) is 4.19. The molecule has 23 heavy (non-hydrogen) atoms. The van der Waals surface area contributed by atoms with Crippen LogP contribution in [0.1, 0.15) is 37.4 Å². The van der Waals surface area contributed by atoms with Crippen LogP contribution in [0.5, 0.6) is 0 Å². The molecule has 2 N–H and O–H groups in total. The normalized spacial score (nSPS) is 31.4. The van der Waals surface area contributed by atoms with Gasteiger partial charge in [0.25, 0.3) is 0 Å². The van der Waals surface area contributed by atoms with Gasteiger partial charge >= 0.3 is 0 Å². The van der Waals surface area contributed by atoms with Crippen LogP contribution < -0.4 is 10.6 Å². The second kappa shape index (κ2) is 6.80. The zero-order chi connectivity index (χ0) is 15.0. The van der Waals surface area contributed by atoms with Crippen molar-refractivity contribution in [2.24, 2.45) is 11.3 Å². The Bertz CT molecular complexity index is 545. The number of piperidine rings is 1. The third-order valence-corrected chi connectivity index (χ3v) is 5.65. The van der Waals surface area contributed by atoms with Gasteiger partial charge in [0, 0.05) is 12.5 Å². The maximum atomic E-state index is 12.6. The highest BCUT2D eigenvalue weighted by atomic mass is 35.5. The number of ether oxygens (including phenoxy) is 1. The van der Waals surface area contributed by atoms with Crippen LogP contribution in [0.3, 0.4) is 0 Å². The molecule has 3 unspecified atom stereocenters. The maximum absolute atomic E-state index is 12.6. The lowest BCUT2D eigenvalue weighted by atomic mass is 9.91. The Kier molecular flexibility index (Phi) is 4.95. The van der Waals surface area contributed by atoms with Crippen molar-refractivity contribution in [3.8, 4) is 0 Å². The summed E-state index contributed by atoms with van der Waals surface area (Å²) in [7, 11) is 0. The van der Waals surface area contributed by atoms with Gasteiger partial charge in [-0.1, -0.05) is 30.3 Å². The van der Waals surface area contributed by atoms with Crippen molar-refractivity contribution >= 4 is 18.3 Å². The van der Waals surface area contributed by atoms with Crippen molar-refractivity contribution in [3.05, 3.63) is 35.9 Å². The lowest BCUT2D eigenvalue weighted by Crippen LogP contribution is -2.40. The van der Waals surface area contributed by atoms with Gasteiger partial charge in [0.1, 0.15) is 6.10 Å². The molecule has 3 atom stereocenters. The molecule has 1 saturated carbocycles. The van der Waals surface area contributed by atoms with E-state index in [9.17, 15) is 4.79 Å². The maximum Gasteiger partial charge on any atom is 0.224 e. The Labute approximate surface area is 143 Å². The first-order valence-corrected chi connectivity index (χ1v) is 8.46. The minimum absolute atomic E-state index is 0. The fourth-order valence-electron chi connectivity index (χ4n) is 4.19. The Balaban J connectivity index is 0.00000156. The Morgan fingerprint density at radius 1 is 1.22 bits per heavy atom. The lowest BCUT2D eigenvalue weighted by Gasteiger charge is -2.24. The molecule has 0 bridgehead atoms. The molecule has 1 aromatic carbocycles. The monoisotopic (exact) mass is 336 g/mol. The number of benzene rings is 1. The lowest BCUT2D eigenvalue weighted by molar-refractivity contribution is -0.124. The predicted molar refractivity (Wildman–Crippen MR) is 91.6 cm³/mol. The molecule has 126 valence electrons. The Hall–Kier alpha value is -1.10. The van der Waals surface area contributed by atoms with Crippen molar-refractivity contribution in [2.45, 2.75) is 37.8 Å². The number of halogens is 1. The highest BCUT2D eigenvalue weighted by Gasteiger charge is 2.58. The van der Waals surface area contributed by atoms with Gasteiger partial charge in [-0.25, -0.2) is 0 Å². The van der Waals surface area contributed by atoms with Crippen molar-refractivity contribution < 1.29 is 9.53 Å². The summed E-state index contributed by atoms with van der Waals surface area (Å²) < 4.78 is 5.86. The fraction of sp³-hybridized carbons (Fsp3) is 0.611. The average Bonchev–Trinajstić information content (AvgIpc) is 3.05. The van der Waals surface area contributed by atoms with Crippen LogP contribution in [0.15, 0.2) is 30.3 Å². The molecule has 1 aliphatic carbocycles. The number of amides is 1. The van der Waals surface area contributed by atoms with Crippen LogP contribution in [-0.2, 0) is 9.53 Å². The van der Waals surface area contributed by atoms with Crippen molar-refractivity contribution in [1.29, 1.82) is 0 Å². The first kappa shape index (κ1) is 16.7. The molecule has 4 rings (SSSR count). The van der Waals surface area contributed by atoms with E-state index in [0.717, 1.165) is 50.9 Å². The molecular weight excluding hydrogens is 312 g/mol. The molecule has 2 saturated heterocycles. The number of hydrogen-bond acceptors (Lipinski definition) is 3. The van der Waals surface area contributed by atoms with E-state index >= 15 is 0 Å². The quantitative estimate of drug-likeness (QED) is 0.891. The molecule has 0 aromatic heterocycles. The zero-order valence-electron chi connectivity index (χ0n) is 13.3. The molecule has 4 nitrogen and oxygen atoms in total. The third kappa shape index (κ3) is 3.25. The van der Waals surface area contributed by atoms with Gasteiger partial charge in [-0.15, -0.1) is 12.4 Å². The van der Waals surface area contributed by atoms with E-state index in [2.05, 4.69) is 22.8 Å². The molecule has 2 heterocycles. The van der Waals surface area contributed by atoms with Gasteiger partial charge < -0.3 is 15.4 Å². The van der Waals surface area contributed by atoms with Crippen LogP contribution in [0.2, 0.25) is 0 Å². The van der Waals surface area contributed by atoms with E-state index in [0.29, 0.717) is 5.41 Å². The van der Waals surface area contributed by atoms with Crippen molar-refractivity contribution in [1.82, 2.24) is 10.6 Å².